The second-order valence-corrected chi connectivity index (χ2v) is 7.29. The molecule has 134 valence electrons. The first kappa shape index (κ1) is 18.3. The van der Waals surface area contributed by atoms with Crippen LogP contribution >= 0.6 is 23.1 Å². The molecule has 0 radical (unpaired) electrons. The fraction of sp³-hybridized carbons (Fsp3) is 0.158. The molecule has 0 spiro atoms. The number of carbonyl (C=O) groups is 1. The Bertz CT molecular complexity index is 932. The van der Waals surface area contributed by atoms with Gasteiger partial charge in [0.25, 0.3) is 0 Å². The van der Waals surface area contributed by atoms with E-state index in [4.69, 9.17) is 9.47 Å². The van der Waals surface area contributed by atoms with Crippen molar-refractivity contribution >= 4 is 50.3 Å². The zero-order chi connectivity index (χ0) is 18.5. The van der Waals surface area contributed by atoms with E-state index < -0.39 is 5.97 Å². The molecule has 0 unspecified atom stereocenters. The Labute approximate surface area is 159 Å². The maximum absolute atomic E-state index is 11.0. The van der Waals surface area contributed by atoms with Crippen molar-refractivity contribution in [3.8, 4) is 11.5 Å². The molecule has 7 heteroatoms. The van der Waals surface area contributed by atoms with E-state index in [2.05, 4.69) is 4.98 Å². The summed E-state index contributed by atoms with van der Waals surface area (Å²) in [4.78, 5) is 16.3. The van der Waals surface area contributed by atoms with E-state index in [0.717, 1.165) is 25.7 Å². The minimum atomic E-state index is -1.13. The number of benzene rings is 2. The molecule has 0 amide bonds. The fourth-order valence-corrected chi connectivity index (χ4v) is 4.28. The SMILES string of the molecule is COc1cccc(/C=C(\SCC(=O)[O-])c2nc3ccccc3s2)c1OC. The highest BCUT2D eigenvalue weighted by molar-refractivity contribution is 8.09. The molecule has 5 nitrogen and oxygen atoms in total. The minimum absolute atomic E-state index is 0.159. The van der Waals surface area contributed by atoms with Crippen molar-refractivity contribution in [1.82, 2.24) is 4.98 Å². The standard InChI is InChI=1S/C19H17NO4S2/c1-23-14-8-5-6-12(18(14)24-2)10-16(25-11-17(21)22)19-20-13-7-3-4-9-15(13)26-19/h3-10H,11H2,1-2H3,(H,21,22)/p-1/b16-10-. The van der Waals surface area contributed by atoms with Crippen LogP contribution in [0.4, 0.5) is 0 Å². The molecule has 0 bridgehead atoms. The number of aliphatic carboxylic acids is 1. The number of nitrogens with zero attached hydrogens (tertiary/aromatic N) is 1. The molecule has 3 rings (SSSR count). The van der Waals surface area contributed by atoms with Crippen LogP contribution in [0.3, 0.4) is 0 Å². The number of thiazole rings is 1. The molecule has 2 aromatic carbocycles. The van der Waals surface area contributed by atoms with Crippen LogP contribution in [0.2, 0.25) is 0 Å². The van der Waals surface area contributed by atoms with Crippen molar-refractivity contribution in [2.24, 2.45) is 0 Å². The van der Waals surface area contributed by atoms with Crippen LogP contribution in [-0.4, -0.2) is 30.9 Å². The van der Waals surface area contributed by atoms with Gasteiger partial charge >= 0.3 is 0 Å². The number of hydrogen-bond acceptors (Lipinski definition) is 7. The first-order chi connectivity index (χ1) is 12.6. The summed E-state index contributed by atoms with van der Waals surface area (Å²) in [6.07, 6.45) is 1.87. The van der Waals surface area contributed by atoms with E-state index in [1.807, 2.05) is 48.5 Å². The maximum atomic E-state index is 11.0. The first-order valence-corrected chi connectivity index (χ1v) is 9.54. The van der Waals surface area contributed by atoms with Gasteiger partial charge in [-0.05, 0) is 24.3 Å². The number of rotatable bonds is 7. The predicted molar refractivity (Wildman–Crippen MR) is 105 cm³/mol. The number of thioether (sulfide) groups is 1. The zero-order valence-electron chi connectivity index (χ0n) is 14.2. The summed E-state index contributed by atoms with van der Waals surface area (Å²) in [5.74, 6) is -0.0919. The van der Waals surface area contributed by atoms with Gasteiger partial charge in [0.1, 0.15) is 5.01 Å². The normalized spacial score (nSPS) is 11.5. The summed E-state index contributed by atoms with van der Waals surface area (Å²) >= 11 is 2.69. The molecule has 0 N–H and O–H groups in total. The Balaban J connectivity index is 2.09. The van der Waals surface area contributed by atoms with Crippen molar-refractivity contribution in [2.45, 2.75) is 0 Å². The van der Waals surface area contributed by atoms with Gasteiger partial charge in [0.05, 0.1) is 30.4 Å². The van der Waals surface area contributed by atoms with E-state index in [1.165, 1.54) is 23.1 Å². The molecule has 0 aliphatic heterocycles. The van der Waals surface area contributed by atoms with Gasteiger partial charge in [-0.15, -0.1) is 23.1 Å². The third-order valence-corrected chi connectivity index (χ3v) is 5.77. The minimum Gasteiger partial charge on any atom is -0.549 e. The summed E-state index contributed by atoms with van der Waals surface area (Å²) in [6, 6.07) is 13.3. The number of hydrogen-bond donors (Lipinski definition) is 0. The summed E-state index contributed by atoms with van der Waals surface area (Å²) in [5, 5.41) is 11.7. The summed E-state index contributed by atoms with van der Waals surface area (Å²) < 4.78 is 11.8. The number of aromatic nitrogens is 1. The molecule has 26 heavy (non-hydrogen) atoms. The third kappa shape index (κ3) is 4.00. The van der Waals surface area contributed by atoms with Crippen LogP contribution in [0, 0.1) is 0 Å². The number of para-hydroxylation sites is 2. The molecule has 0 atom stereocenters. The highest BCUT2D eigenvalue weighted by atomic mass is 32.2. The highest BCUT2D eigenvalue weighted by Gasteiger charge is 2.13. The molecule has 0 fully saturated rings. The van der Waals surface area contributed by atoms with Crippen LogP contribution in [0.15, 0.2) is 42.5 Å². The summed E-state index contributed by atoms with van der Waals surface area (Å²) in [7, 11) is 3.14. The molecule has 0 saturated heterocycles. The second kappa shape index (κ2) is 8.25. The Hall–Kier alpha value is -2.51. The lowest BCUT2D eigenvalue weighted by Crippen LogP contribution is -2.24. The van der Waals surface area contributed by atoms with Gasteiger partial charge in [0.2, 0.25) is 0 Å². The maximum Gasteiger partial charge on any atom is 0.167 e. The van der Waals surface area contributed by atoms with E-state index in [-0.39, 0.29) is 5.75 Å². The monoisotopic (exact) mass is 386 g/mol. The van der Waals surface area contributed by atoms with Gasteiger partial charge in [0, 0.05) is 16.2 Å². The largest absolute Gasteiger partial charge is 0.549 e. The van der Waals surface area contributed by atoms with Gasteiger partial charge in [-0.2, -0.15) is 0 Å². The number of carboxylic acid groups (broad SMARTS) is 1. The smallest absolute Gasteiger partial charge is 0.167 e. The Morgan fingerprint density at radius 2 is 2.00 bits per heavy atom. The molecule has 0 saturated carbocycles. The predicted octanol–water partition coefficient (Wildman–Crippen LogP) is 3.29. The van der Waals surface area contributed by atoms with Crippen molar-refractivity contribution in [3.05, 3.63) is 53.0 Å². The van der Waals surface area contributed by atoms with E-state index in [9.17, 15) is 9.90 Å². The fourth-order valence-electron chi connectivity index (χ4n) is 2.45. The lowest BCUT2D eigenvalue weighted by Gasteiger charge is -2.11. The van der Waals surface area contributed by atoms with Gasteiger partial charge in [0.15, 0.2) is 11.5 Å². The Morgan fingerprint density at radius 1 is 1.19 bits per heavy atom. The molecular formula is C19H16NO4S2-. The van der Waals surface area contributed by atoms with Gasteiger partial charge < -0.3 is 19.4 Å². The van der Waals surface area contributed by atoms with Crippen LogP contribution in [0.1, 0.15) is 10.6 Å². The third-order valence-electron chi connectivity index (χ3n) is 3.57. The van der Waals surface area contributed by atoms with Crippen LogP contribution in [-0.2, 0) is 4.79 Å². The summed E-state index contributed by atoms with van der Waals surface area (Å²) in [5.41, 5.74) is 1.66. The quantitative estimate of drug-likeness (QED) is 0.620. The lowest BCUT2D eigenvalue weighted by atomic mass is 10.1. The van der Waals surface area contributed by atoms with Crippen molar-refractivity contribution in [3.63, 3.8) is 0 Å². The first-order valence-electron chi connectivity index (χ1n) is 7.73. The number of ether oxygens (including phenoxy) is 2. The van der Waals surface area contributed by atoms with Crippen molar-refractivity contribution < 1.29 is 19.4 Å². The number of carbonyl (C=O) groups excluding carboxylic acids is 1. The van der Waals surface area contributed by atoms with Crippen LogP contribution in [0.5, 0.6) is 11.5 Å². The molecule has 1 heterocycles. The Morgan fingerprint density at radius 3 is 2.69 bits per heavy atom. The average molecular weight is 386 g/mol. The molecule has 0 aliphatic carbocycles. The van der Waals surface area contributed by atoms with Gasteiger partial charge in [-0.1, -0.05) is 24.3 Å². The van der Waals surface area contributed by atoms with Crippen LogP contribution in [0.25, 0.3) is 21.2 Å². The van der Waals surface area contributed by atoms with Crippen molar-refractivity contribution in [1.29, 1.82) is 0 Å². The number of methoxy groups -OCH3 is 2. The Kier molecular flexibility index (Phi) is 5.80. The van der Waals surface area contributed by atoms with Gasteiger partial charge in [-0.3, -0.25) is 0 Å². The average Bonchev–Trinajstić information content (AvgIpc) is 3.08. The number of fused-ring (bicyclic) bond motifs is 1. The second-order valence-electron chi connectivity index (χ2n) is 5.24. The van der Waals surface area contributed by atoms with Gasteiger partial charge in [-0.25, -0.2) is 4.98 Å². The van der Waals surface area contributed by atoms with Crippen LogP contribution < -0.4 is 14.6 Å². The molecule has 3 aromatic rings. The van der Waals surface area contributed by atoms with Crippen molar-refractivity contribution in [2.75, 3.05) is 20.0 Å². The van der Waals surface area contributed by atoms with E-state index in [1.54, 1.807) is 14.2 Å². The summed E-state index contributed by atoms with van der Waals surface area (Å²) in [6.45, 7) is 0. The zero-order valence-corrected chi connectivity index (χ0v) is 15.9. The number of carboxylic acids is 1. The topological polar surface area (TPSA) is 71.5 Å². The van der Waals surface area contributed by atoms with E-state index in [0.29, 0.717) is 11.5 Å². The molecule has 0 aliphatic rings. The molecular weight excluding hydrogens is 370 g/mol. The van der Waals surface area contributed by atoms with E-state index >= 15 is 0 Å². The molecule has 1 aromatic heterocycles. The highest BCUT2D eigenvalue weighted by Crippen LogP contribution is 2.38. The lowest BCUT2D eigenvalue weighted by molar-refractivity contribution is -0.301.